The fourth-order valence-electron chi connectivity index (χ4n) is 3.91. The Morgan fingerprint density at radius 1 is 1.00 bits per heavy atom. The Balaban J connectivity index is 1.38. The monoisotopic (exact) mass is 434 g/mol. The first-order valence-corrected chi connectivity index (χ1v) is 12.2. The number of nitrogens with one attached hydrogen (secondary N) is 1. The summed E-state index contributed by atoms with van der Waals surface area (Å²) in [5, 5.41) is 2.90. The highest BCUT2D eigenvalue weighted by Gasteiger charge is 2.18. The van der Waals surface area contributed by atoms with Crippen molar-refractivity contribution >= 4 is 21.4 Å². The molecule has 0 aliphatic carbocycles. The van der Waals surface area contributed by atoms with Crippen molar-refractivity contribution in [2.75, 3.05) is 17.7 Å². The molecule has 5 nitrogen and oxygen atoms in total. The van der Waals surface area contributed by atoms with E-state index in [4.69, 9.17) is 0 Å². The van der Waals surface area contributed by atoms with Gasteiger partial charge in [0, 0.05) is 37.1 Å². The molecule has 3 aromatic carbocycles. The molecule has 0 saturated carbocycles. The average molecular weight is 435 g/mol. The van der Waals surface area contributed by atoms with Crippen molar-refractivity contribution in [3.8, 4) is 0 Å². The van der Waals surface area contributed by atoms with Crippen LogP contribution in [-0.4, -0.2) is 27.1 Å². The van der Waals surface area contributed by atoms with E-state index in [1.54, 1.807) is 13.0 Å². The Kier molecular flexibility index (Phi) is 5.83. The van der Waals surface area contributed by atoms with Crippen LogP contribution in [0.15, 0.2) is 71.6 Å². The third kappa shape index (κ3) is 4.80. The van der Waals surface area contributed by atoms with Crippen molar-refractivity contribution in [1.29, 1.82) is 0 Å². The summed E-state index contributed by atoms with van der Waals surface area (Å²) in [6, 6.07) is 21.4. The molecule has 1 N–H and O–H groups in total. The summed E-state index contributed by atoms with van der Waals surface area (Å²) >= 11 is 0. The van der Waals surface area contributed by atoms with E-state index in [2.05, 4.69) is 46.6 Å². The molecule has 0 aromatic heterocycles. The van der Waals surface area contributed by atoms with E-state index in [0.717, 1.165) is 36.9 Å². The minimum absolute atomic E-state index is 0.149. The minimum atomic E-state index is -3.36. The molecule has 0 atom stereocenters. The molecule has 0 bridgehead atoms. The maximum atomic E-state index is 12.6. The van der Waals surface area contributed by atoms with Gasteiger partial charge in [-0.15, -0.1) is 0 Å². The van der Waals surface area contributed by atoms with Gasteiger partial charge in [-0.2, -0.15) is 0 Å². The number of para-hydroxylation sites is 1. The van der Waals surface area contributed by atoms with Gasteiger partial charge in [-0.1, -0.05) is 48.5 Å². The quantitative estimate of drug-likeness (QED) is 0.639. The fraction of sp³-hybridized carbons (Fsp3) is 0.240. The van der Waals surface area contributed by atoms with E-state index in [-0.39, 0.29) is 10.8 Å². The average Bonchev–Trinajstić information content (AvgIpc) is 3.15. The third-order valence-electron chi connectivity index (χ3n) is 5.71. The van der Waals surface area contributed by atoms with Crippen molar-refractivity contribution in [3.05, 3.63) is 94.5 Å². The van der Waals surface area contributed by atoms with Crippen LogP contribution in [0.5, 0.6) is 0 Å². The molecule has 4 rings (SSSR count). The Bertz CT molecular complexity index is 1220. The van der Waals surface area contributed by atoms with Gasteiger partial charge in [0.25, 0.3) is 5.91 Å². The number of hydrogen-bond donors (Lipinski definition) is 1. The van der Waals surface area contributed by atoms with Crippen molar-refractivity contribution in [2.45, 2.75) is 31.3 Å². The lowest BCUT2D eigenvalue weighted by molar-refractivity contribution is 0.0950. The number of nitrogens with zero attached hydrogens (tertiary/aromatic N) is 1. The van der Waals surface area contributed by atoms with Gasteiger partial charge in [0.2, 0.25) is 0 Å². The summed E-state index contributed by atoms with van der Waals surface area (Å²) in [5.41, 5.74) is 6.06. The maximum absolute atomic E-state index is 12.6. The second-order valence-corrected chi connectivity index (χ2v) is 10.1. The second kappa shape index (κ2) is 8.55. The van der Waals surface area contributed by atoms with Crippen LogP contribution in [0, 0.1) is 6.92 Å². The fourth-order valence-corrected chi connectivity index (χ4v) is 4.55. The molecular weight excluding hydrogens is 408 g/mol. The Morgan fingerprint density at radius 2 is 1.71 bits per heavy atom. The van der Waals surface area contributed by atoms with Gasteiger partial charge in [-0.05, 0) is 53.8 Å². The first kappa shape index (κ1) is 21.1. The van der Waals surface area contributed by atoms with E-state index in [1.807, 2.05) is 12.1 Å². The van der Waals surface area contributed by atoms with Gasteiger partial charge < -0.3 is 10.2 Å². The Hall–Kier alpha value is -3.12. The molecule has 3 aromatic rings. The Morgan fingerprint density at radius 3 is 2.45 bits per heavy atom. The van der Waals surface area contributed by atoms with Crippen LogP contribution < -0.4 is 10.2 Å². The van der Waals surface area contributed by atoms with Crippen molar-refractivity contribution in [3.63, 3.8) is 0 Å². The number of hydrogen-bond acceptors (Lipinski definition) is 4. The zero-order chi connectivity index (χ0) is 22.0. The summed E-state index contributed by atoms with van der Waals surface area (Å²) in [7, 11) is -3.36. The summed E-state index contributed by atoms with van der Waals surface area (Å²) in [6.45, 7) is 4.07. The lowest BCUT2D eigenvalue weighted by Gasteiger charge is -2.19. The lowest BCUT2D eigenvalue weighted by Crippen LogP contribution is -2.24. The standard InChI is InChI=1S/C25H26N2O3S/c1-18-7-12-22(31(2,29)30)15-23(18)25(28)26-16-19-8-10-20(11-9-19)17-27-14-13-21-5-3-4-6-24(21)27/h3-12,15H,13-14,16-17H2,1-2H3,(H,26,28). The normalized spacial score (nSPS) is 13.2. The number of sulfone groups is 1. The summed E-state index contributed by atoms with van der Waals surface area (Å²) in [4.78, 5) is 15.2. The molecule has 1 amide bonds. The number of carbonyl (C=O) groups is 1. The molecule has 0 spiro atoms. The summed E-state index contributed by atoms with van der Waals surface area (Å²) in [5.74, 6) is -0.277. The van der Waals surface area contributed by atoms with E-state index in [1.165, 1.54) is 28.9 Å². The predicted molar refractivity (Wildman–Crippen MR) is 123 cm³/mol. The molecule has 1 aliphatic heterocycles. The number of amides is 1. The van der Waals surface area contributed by atoms with E-state index in [0.29, 0.717) is 12.1 Å². The van der Waals surface area contributed by atoms with Gasteiger partial charge in [0.05, 0.1) is 4.90 Å². The first-order chi connectivity index (χ1) is 14.8. The summed E-state index contributed by atoms with van der Waals surface area (Å²) < 4.78 is 23.6. The highest BCUT2D eigenvalue weighted by atomic mass is 32.2. The number of fused-ring (bicyclic) bond motifs is 1. The molecule has 0 unspecified atom stereocenters. The third-order valence-corrected chi connectivity index (χ3v) is 6.82. The predicted octanol–water partition coefficient (Wildman–Crippen LogP) is 3.89. The van der Waals surface area contributed by atoms with Crippen LogP contribution in [0.3, 0.4) is 0 Å². The van der Waals surface area contributed by atoms with E-state index >= 15 is 0 Å². The first-order valence-electron chi connectivity index (χ1n) is 10.3. The summed E-state index contributed by atoms with van der Waals surface area (Å²) in [6.07, 6.45) is 2.22. The number of aryl methyl sites for hydroxylation is 1. The highest BCUT2D eigenvalue weighted by Crippen LogP contribution is 2.28. The van der Waals surface area contributed by atoms with Crippen LogP contribution in [-0.2, 0) is 29.3 Å². The molecule has 6 heteroatoms. The van der Waals surface area contributed by atoms with E-state index in [9.17, 15) is 13.2 Å². The van der Waals surface area contributed by atoms with Gasteiger partial charge in [0.1, 0.15) is 0 Å². The van der Waals surface area contributed by atoms with Gasteiger partial charge >= 0.3 is 0 Å². The molecule has 160 valence electrons. The van der Waals surface area contributed by atoms with Crippen LogP contribution in [0.25, 0.3) is 0 Å². The van der Waals surface area contributed by atoms with Gasteiger partial charge in [0.15, 0.2) is 9.84 Å². The largest absolute Gasteiger partial charge is 0.367 e. The van der Waals surface area contributed by atoms with Crippen LogP contribution in [0.2, 0.25) is 0 Å². The second-order valence-electron chi connectivity index (χ2n) is 8.05. The molecule has 0 saturated heterocycles. The molecule has 0 radical (unpaired) electrons. The van der Waals surface area contributed by atoms with Crippen molar-refractivity contribution in [1.82, 2.24) is 5.32 Å². The van der Waals surface area contributed by atoms with Crippen LogP contribution in [0.4, 0.5) is 5.69 Å². The minimum Gasteiger partial charge on any atom is -0.367 e. The van der Waals surface area contributed by atoms with Crippen LogP contribution >= 0.6 is 0 Å². The number of anilines is 1. The molecular formula is C25H26N2O3S. The lowest BCUT2D eigenvalue weighted by atomic mass is 10.1. The van der Waals surface area contributed by atoms with Crippen LogP contribution in [0.1, 0.15) is 32.6 Å². The number of rotatable bonds is 6. The van der Waals surface area contributed by atoms with Crippen molar-refractivity contribution < 1.29 is 13.2 Å². The zero-order valence-electron chi connectivity index (χ0n) is 17.8. The maximum Gasteiger partial charge on any atom is 0.251 e. The van der Waals surface area contributed by atoms with Gasteiger partial charge in [-0.3, -0.25) is 4.79 Å². The molecule has 1 aliphatic rings. The SMILES string of the molecule is Cc1ccc(S(C)(=O)=O)cc1C(=O)NCc1ccc(CN2CCc3ccccc32)cc1. The number of benzene rings is 3. The molecule has 31 heavy (non-hydrogen) atoms. The highest BCUT2D eigenvalue weighted by molar-refractivity contribution is 7.90. The Labute approximate surface area is 183 Å². The smallest absolute Gasteiger partial charge is 0.251 e. The topological polar surface area (TPSA) is 66.5 Å². The van der Waals surface area contributed by atoms with Crippen molar-refractivity contribution in [2.24, 2.45) is 0 Å². The molecule has 0 fully saturated rings. The number of carbonyl (C=O) groups excluding carboxylic acids is 1. The van der Waals surface area contributed by atoms with Gasteiger partial charge in [-0.25, -0.2) is 8.42 Å². The van der Waals surface area contributed by atoms with E-state index < -0.39 is 9.84 Å². The molecule has 1 heterocycles. The zero-order valence-corrected chi connectivity index (χ0v) is 18.6.